The van der Waals surface area contributed by atoms with Gasteiger partial charge in [-0.2, -0.15) is 4.98 Å². The lowest BCUT2D eigenvalue weighted by Crippen LogP contribution is -2.47. The third-order valence-electron chi connectivity index (χ3n) is 7.47. The molecule has 49 heavy (non-hydrogen) atoms. The molecular weight excluding hydrogens is 674 g/mol. The number of hydrogen-bond acceptors (Lipinski definition) is 13. The van der Waals surface area contributed by atoms with E-state index < -0.39 is 15.6 Å². The van der Waals surface area contributed by atoms with E-state index in [-0.39, 0.29) is 23.5 Å². The van der Waals surface area contributed by atoms with Crippen LogP contribution in [0.2, 0.25) is 5.02 Å². The topological polar surface area (TPSA) is 148 Å². The Labute approximate surface area is 293 Å². The van der Waals surface area contributed by atoms with E-state index in [2.05, 4.69) is 30.4 Å². The Hall–Kier alpha value is -3.89. The standard InChI is InChI=1S/C33H46ClN7O7S/c1-33(2,3)48-30(42)23-47-20-19-46-18-17-40-13-15-41(16-14-40)24-11-12-27(29(21-24)45-5)37-32-35-22-25(34)31(38-32)36-26-9-7-8-10-28(26)39(4)49(6,43)44/h7-12,21-22H,13-20,23H2,1-6H3,(H2,35,36,37,38). The predicted octanol–water partition coefficient (Wildman–Crippen LogP) is 4.52. The SMILES string of the molecule is COc1cc(N2CCN(CCOCCOCC(=O)OC(C)(C)C)CC2)ccc1Nc1ncc(Cl)c(Nc2ccccc2N(C)S(C)(=O)=O)n1. The Balaban J connectivity index is 1.27. The molecule has 1 aliphatic heterocycles. The van der Waals surface area contributed by atoms with Crippen molar-refractivity contribution < 1.29 is 32.2 Å². The Bertz CT molecular complexity index is 1670. The molecule has 0 spiro atoms. The van der Waals surface area contributed by atoms with Crippen molar-refractivity contribution in [3.8, 4) is 5.75 Å². The number of carbonyl (C=O) groups is 1. The summed E-state index contributed by atoms with van der Waals surface area (Å²) >= 11 is 6.42. The van der Waals surface area contributed by atoms with Crippen LogP contribution in [0.5, 0.6) is 5.75 Å². The van der Waals surface area contributed by atoms with Gasteiger partial charge in [-0.25, -0.2) is 18.2 Å². The molecule has 0 amide bonds. The van der Waals surface area contributed by atoms with E-state index in [1.807, 2.05) is 39.0 Å². The summed E-state index contributed by atoms with van der Waals surface area (Å²) in [7, 11) is -0.403. The number of hydrogen-bond donors (Lipinski definition) is 2. The van der Waals surface area contributed by atoms with E-state index in [1.54, 1.807) is 31.4 Å². The van der Waals surface area contributed by atoms with Gasteiger partial charge in [-0.15, -0.1) is 0 Å². The van der Waals surface area contributed by atoms with Gasteiger partial charge in [-0.3, -0.25) is 9.21 Å². The predicted molar refractivity (Wildman–Crippen MR) is 192 cm³/mol. The van der Waals surface area contributed by atoms with E-state index in [0.29, 0.717) is 48.5 Å². The van der Waals surface area contributed by atoms with Gasteiger partial charge in [0.25, 0.3) is 0 Å². The smallest absolute Gasteiger partial charge is 0.332 e. The first-order valence-corrected chi connectivity index (χ1v) is 18.1. The van der Waals surface area contributed by atoms with Crippen LogP contribution >= 0.6 is 11.6 Å². The summed E-state index contributed by atoms with van der Waals surface area (Å²) in [5, 5.41) is 6.61. The van der Waals surface area contributed by atoms with Crippen LogP contribution in [-0.4, -0.2) is 114 Å². The van der Waals surface area contributed by atoms with Gasteiger partial charge < -0.3 is 34.5 Å². The molecule has 3 aromatic rings. The van der Waals surface area contributed by atoms with E-state index in [0.717, 1.165) is 44.7 Å². The minimum Gasteiger partial charge on any atom is -0.494 e. The lowest BCUT2D eigenvalue weighted by molar-refractivity contribution is -0.160. The number of sulfonamides is 1. The monoisotopic (exact) mass is 719 g/mol. The molecule has 2 N–H and O–H groups in total. The van der Waals surface area contributed by atoms with Crippen molar-refractivity contribution in [2.75, 3.05) is 99.4 Å². The van der Waals surface area contributed by atoms with E-state index in [4.69, 9.17) is 30.5 Å². The lowest BCUT2D eigenvalue weighted by Gasteiger charge is -2.36. The molecule has 1 fully saturated rings. The van der Waals surface area contributed by atoms with Crippen molar-refractivity contribution in [2.24, 2.45) is 0 Å². The number of para-hydroxylation sites is 2. The van der Waals surface area contributed by atoms with Gasteiger partial charge in [0.1, 0.15) is 23.0 Å². The fraction of sp³-hybridized carbons (Fsp3) is 0.485. The van der Waals surface area contributed by atoms with E-state index >= 15 is 0 Å². The van der Waals surface area contributed by atoms with Crippen molar-refractivity contribution in [1.29, 1.82) is 0 Å². The van der Waals surface area contributed by atoms with Crippen molar-refractivity contribution in [3.05, 3.63) is 53.7 Å². The normalized spacial score (nSPS) is 14.0. The third-order valence-corrected chi connectivity index (χ3v) is 8.94. The highest BCUT2D eigenvalue weighted by Crippen LogP contribution is 2.34. The van der Waals surface area contributed by atoms with Gasteiger partial charge in [0, 0.05) is 51.5 Å². The maximum Gasteiger partial charge on any atom is 0.332 e. The molecule has 2 heterocycles. The maximum atomic E-state index is 12.2. The number of rotatable bonds is 16. The number of ether oxygens (including phenoxy) is 4. The molecule has 4 rings (SSSR count). The molecule has 16 heteroatoms. The van der Waals surface area contributed by atoms with Gasteiger partial charge in [-0.1, -0.05) is 23.7 Å². The number of aromatic nitrogens is 2. The number of nitrogens with one attached hydrogen (secondary N) is 2. The number of halogens is 1. The molecule has 2 aromatic carbocycles. The van der Waals surface area contributed by atoms with Crippen LogP contribution in [0.4, 0.5) is 34.5 Å². The van der Waals surface area contributed by atoms with Crippen molar-refractivity contribution in [1.82, 2.24) is 14.9 Å². The fourth-order valence-corrected chi connectivity index (χ4v) is 5.60. The molecule has 0 saturated carbocycles. The second-order valence-corrected chi connectivity index (χ2v) is 14.8. The largest absolute Gasteiger partial charge is 0.494 e. The molecule has 0 aliphatic carbocycles. The van der Waals surface area contributed by atoms with Crippen LogP contribution < -0.4 is 24.6 Å². The number of methoxy groups -OCH3 is 1. The Kier molecular flexibility index (Phi) is 13.3. The average Bonchev–Trinajstić information content (AvgIpc) is 3.05. The zero-order valence-corrected chi connectivity index (χ0v) is 30.4. The van der Waals surface area contributed by atoms with Crippen LogP contribution in [0.1, 0.15) is 20.8 Å². The van der Waals surface area contributed by atoms with Gasteiger partial charge in [0.2, 0.25) is 16.0 Å². The zero-order chi connectivity index (χ0) is 35.6. The molecule has 14 nitrogen and oxygen atoms in total. The number of carbonyl (C=O) groups excluding carboxylic acids is 1. The minimum atomic E-state index is -3.49. The fourth-order valence-electron chi connectivity index (χ4n) is 4.95. The van der Waals surface area contributed by atoms with E-state index in [9.17, 15) is 13.2 Å². The van der Waals surface area contributed by atoms with Gasteiger partial charge in [0.05, 0.1) is 56.4 Å². The van der Waals surface area contributed by atoms with Gasteiger partial charge >= 0.3 is 5.97 Å². The summed E-state index contributed by atoms with van der Waals surface area (Å²) in [4.78, 5) is 25.2. The number of piperazine rings is 1. The highest BCUT2D eigenvalue weighted by atomic mass is 35.5. The number of esters is 1. The van der Waals surface area contributed by atoms with Crippen molar-refractivity contribution in [2.45, 2.75) is 26.4 Å². The number of anilines is 6. The molecule has 268 valence electrons. The molecule has 0 bridgehead atoms. The molecular formula is C33H46ClN7O7S. The highest BCUT2D eigenvalue weighted by molar-refractivity contribution is 7.92. The Morgan fingerprint density at radius 1 is 1.00 bits per heavy atom. The number of benzene rings is 2. The lowest BCUT2D eigenvalue weighted by atomic mass is 10.2. The summed E-state index contributed by atoms with van der Waals surface area (Å²) in [5.74, 6) is 0.819. The summed E-state index contributed by atoms with van der Waals surface area (Å²) in [6.07, 6.45) is 2.60. The zero-order valence-electron chi connectivity index (χ0n) is 28.9. The maximum absolute atomic E-state index is 12.2. The molecule has 0 atom stereocenters. The average molecular weight is 720 g/mol. The first kappa shape index (κ1) is 37.9. The van der Waals surface area contributed by atoms with Crippen molar-refractivity contribution in [3.63, 3.8) is 0 Å². The first-order valence-electron chi connectivity index (χ1n) is 15.9. The molecule has 1 aliphatic rings. The molecule has 0 radical (unpaired) electrons. The second kappa shape index (κ2) is 17.2. The van der Waals surface area contributed by atoms with Crippen LogP contribution in [0.3, 0.4) is 0 Å². The highest BCUT2D eigenvalue weighted by Gasteiger charge is 2.20. The first-order chi connectivity index (χ1) is 23.2. The molecule has 1 aromatic heterocycles. The van der Waals surface area contributed by atoms with Gasteiger partial charge in [-0.05, 0) is 45.0 Å². The summed E-state index contributed by atoms with van der Waals surface area (Å²) in [6, 6.07) is 12.9. The Morgan fingerprint density at radius 2 is 1.71 bits per heavy atom. The second-order valence-electron chi connectivity index (χ2n) is 12.4. The van der Waals surface area contributed by atoms with Crippen LogP contribution in [-0.2, 0) is 29.0 Å². The van der Waals surface area contributed by atoms with Gasteiger partial charge in [0.15, 0.2) is 5.82 Å². The minimum absolute atomic E-state index is 0.0815. The molecule has 0 unspecified atom stereocenters. The summed E-state index contributed by atoms with van der Waals surface area (Å²) in [5.41, 5.74) is 2.14. The van der Waals surface area contributed by atoms with Crippen LogP contribution in [0.15, 0.2) is 48.7 Å². The van der Waals surface area contributed by atoms with Crippen molar-refractivity contribution >= 4 is 62.1 Å². The molecule has 1 saturated heterocycles. The number of nitrogens with zero attached hydrogens (tertiary/aromatic N) is 5. The quantitative estimate of drug-likeness (QED) is 0.158. The van der Waals surface area contributed by atoms with Crippen LogP contribution in [0.25, 0.3) is 0 Å². The third kappa shape index (κ3) is 11.6. The van der Waals surface area contributed by atoms with E-state index in [1.165, 1.54) is 17.5 Å². The Morgan fingerprint density at radius 3 is 2.41 bits per heavy atom. The summed E-state index contributed by atoms with van der Waals surface area (Å²) in [6.45, 7) is 11.0. The summed E-state index contributed by atoms with van der Waals surface area (Å²) < 4.78 is 47.5. The van der Waals surface area contributed by atoms with Crippen LogP contribution in [0, 0.1) is 0 Å².